The van der Waals surface area contributed by atoms with Gasteiger partial charge in [-0.2, -0.15) is 0 Å². The molecular formula is C20H19NO4. The highest BCUT2D eigenvalue weighted by Crippen LogP contribution is 2.42. The Labute approximate surface area is 145 Å². The molecule has 1 aliphatic heterocycles. The Morgan fingerprint density at radius 1 is 1.12 bits per heavy atom. The topological polar surface area (TPSA) is 75.6 Å². The molecule has 0 aromatic heterocycles. The Balaban J connectivity index is 1.78. The third kappa shape index (κ3) is 3.40. The van der Waals surface area contributed by atoms with Crippen LogP contribution in [0.1, 0.15) is 29.8 Å². The Kier molecular flexibility index (Phi) is 4.31. The van der Waals surface area contributed by atoms with Crippen molar-refractivity contribution in [1.29, 1.82) is 0 Å². The van der Waals surface area contributed by atoms with Crippen LogP contribution in [0.15, 0.2) is 60.3 Å². The largest absolute Gasteiger partial charge is 0.482 e. The van der Waals surface area contributed by atoms with E-state index < -0.39 is 12.6 Å². The van der Waals surface area contributed by atoms with Gasteiger partial charge >= 0.3 is 5.97 Å². The van der Waals surface area contributed by atoms with Gasteiger partial charge in [0.1, 0.15) is 5.75 Å². The lowest BCUT2D eigenvalue weighted by Crippen LogP contribution is -2.18. The van der Waals surface area contributed by atoms with Crippen molar-refractivity contribution in [2.24, 2.45) is 0 Å². The van der Waals surface area contributed by atoms with E-state index in [2.05, 4.69) is 25.2 Å². The lowest BCUT2D eigenvalue weighted by molar-refractivity contribution is -0.139. The molecule has 0 atom stereocenters. The van der Waals surface area contributed by atoms with Crippen LogP contribution in [0.5, 0.6) is 5.75 Å². The Morgan fingerprint density at radius 2 is 1.80 bits per heavy atom. The van der Waals surface area contributed by atoms with Gasteiger partial charge in [0.2, 0.25) is 0 Å². The lowest BCUT2D eigenvalue weighted by atomic mass is 9.83. The summed E-state index contributed by atoms with van der Waals surface area (Å²) in [6.45, 7) is 3.75. The minimum absolute atomic E-state index is 0.117. The van der Waals surface area contributed by atoms with Crippen molar-refractivity contribution in [3.63, 3.8) is 0 Å². The van der Waals surface area contributed by atoms with Crippen molar-refractivity contribution >= 4 is 17.4 Å². The number of fused-ring (bicyclic) bond motifs is 1. The van der Waals surface area contributed by atoms with E-state index in [-0.39, 0.29) is 11.2 Å². The summed E-state index contributed by atoms with van der Waals surface area (Å²) in [4.78, 5) is 23.1. The molecule has 0 saturated heterocycles. The molecule has 5 nitrogen and oxygen atoms in total. The maximum atomic E-state index is 12.6. The molecule has 0 radical (unpaired) electrons. The molecule has 1 aliphatic rings. The molecule has 0 aliphatic carbocycles. The van der Waals surface area contributed by atoms with Crippen LogP contribution < -0.4 is 10.1 Å². The molecular weight excluding hydrogens is 318 g/mol. The second kappa shape index (κ2) is 6.43. The highest BCUT2D eigenvalue weighted by molar-refractivity contribution is 6.05. The zero-order chi connectivity index (χ0) is 18.0. The van der Waals surface area contributed by atoms with E-state index in [1.54, 1.807) is 30.3 Å². The number of hydrogen-bond donors (Lipinski definition) is 2. The summed E-state index contributed by atoms with van der Waals surface area (Å²) >= 11 is 0. The van der Waals surface area contributed by atoms with Gasteiger partial charge in [0.05, 0.1) is 0 Å². The Bertz CT molecular complexity index is 850. The fraction of sp³-hybridized carbons (Fsp3) is 0.200. The molecule has 0 saturated carbocycles. The first kappa shape index (κ1) is 16.8. The smallest absolute Gasteiger partial charge is 0.341 e. The number of carbonyl (C=O) groups excluding carboxylic acids is 1. The first-order chi connectivity index (χ1) is 11.9. The van der Waals surface area contributed by atoms with Crippen LogP contribution in [-0.2, 0) is 10.2 Å². The van der Waals surface area contributed by atoms with Crippen molar-refractivity contribution in [2.45, 2.75) is 19.3 Å². The molecule has 5 heteroatoms. The quantitative estimate of drug-likeness (QED) is 0.644. The van der Waals surface area contributed by atoms with Crippen LogP contribution in [0.4, 0.5) is 5.69 Å². The number of carbonyl (C=O) groups is 2. The molecule has 0 fully saturated rings. The lowest BCUT2D eigenvalue weighted by Gasteiger charge is -2.20. The molecule has 0 amide bonds. The first-order valence-corrected chi connectivity index (χ1v) is 7.95. The standard InChI is InChI=1S/C20H19NO4/c1-20(2)15-5-3-4-6-16(15)21-18(20)11-17(22)13-7-9-14(10-8-13)25-12-19(23)24/h3-11,21H,12H2,1-2H3,(H,23,24)/b18-11-. The Morgan fingerprint density at radius 3 is 2.44 bits per heavy atom. The number of carboxylic acids is 1. The molecule has 0 bridgehead atoms. The molecule has 1 heterocycles. The number of anilines is 1. The highest BCUT2D eigenvalue weighted by atomic mass is 16.5. The summed E-state index contributed by atoms with van der Waals surface area (Å²) in [5.41, 5.74) is 3.28. The van der Waals surface area contributed by atoms with Crippen LogP contribution in [0, 0.1) is 0 Å². The number of nitrogens with one attached hydrogen (secondary N) is 1. The molecule has 2 N–H and O–H groups in total. The molecule has 3 rings (SSSR count). The van der Waals surface area contributed by atoms with Gasteiger partial charge in [-0.05, 0) is 35.9 Å². The summed E-state index contributed by atoms with van der Waals surface area (Å²) in [7, 11) is 0. The normalized spacial score (nSPS) is 16.2. The number of hydrogen-bond acceptors (Lipinski definition) is 4. The number of ketones is 1. The van der Waals surface area contributed by atoms with Gasteiger partial charge < -0.3 is 15.2 Å². The van der Waals surface area contributed by atoms with Crippen LogP contribution in [0.2, 0.25) is 0 Å². The monoisotopic (exact) mass is 337 g/mol. The number of carboxylic acid groups (broad SMARTS) is 1. The molecule has 0 spiro atoms. The fourth-order valence-electron chi connectivity index (χ4n) is 2.87. The van der Waals surface area contributed by atoms with E-state index in [0.29, 0.717) is 11.3 Å². The van der Waals surface area contributed by atoms with Crippen molar-refractivity contribution in [2.75, 3.05) is 11.9 Å². The third-order valence-corrected chi connectivity index (χ3v) is 4.32. The van der Waals surface area contributed by atoms with Crippen LogP contribution >= 0.6 is 0 Å². The average molecular weight is 337 g/mol. The molecule has 25 heavy (non-hydrogen) atoms. The van der Waals surface area contributed by atoms with E-state index in [1.807, 2.05) is 18.2 Å². The average Bonchev–Trinajstić information content (AvgIpc) is 2.84. The summed E-state index contributed by atoms with van der Waals surface area (Å²) in [5.74, 6) is -0.745. The Hall–Kier alpha value is -3.08. The van der Waals surface area contributed by atoms with Crippen LogP contribution in [0.3, 0.4) is 0 Å². The number of benzene rings is 2. The van der Waals surface area contributed by atoms with Gasteiger partial charge in [0.15, 0.2) is 12.4 Å². The van der Waals surface area contributed by atoms with Gasteiger partial charge in [-0.1, -0.05) is 32.0 Å². The SMILES string of the molecule is CC1(C)/C(=C/C(=O)c2ccc(OCC(=O)O)cc2)Nc2ccccc21. The van der Waals surface area contributed by atoms with Crippen LogP contribution in [-0.4, -0.2) is 23.5 Å². The number of aliphatic carboxylic acids is 1. The maximum Gasteiger partial charge on any atom is 0.341 e. The van der Waals surface area contributed by atoms with E-state index in [0.717, 1.165) is 16.9 Å². The molecule has 128 valence electrons. The van der Waals surface area contributed by atoms with Crippen molar-refractivity contribution in [1.82, 2.24) is 0 Å². The molecule has 2 aromatic rings. The zero-order valence-corrected chi connectivity index (χ0v) is 14.1. The first-order valence-electron chi connectivity index (χ1n) is 7.95. The van der Waals surface area contributed by atoms with Gasteiger partial charge in [-0.15, -0.1) is 0 Å². The number of para-hydroxylation sites is 1. The minimum atomic E-state index is -1.04. The minimum Gasteiger partial charge on any atom is -0.482 e. The predicted octanol–water partition coefficient (Wildman–Crippen LogP) is 3.62. The summed E-state index contributed by atoms with van der Waals surface area (Å²) < 4.78 is 5.07. The summed E-state index contributed by atoms with van der Waals surface area (Å²) in [6, 6.07) is 14.5. The predicted molar refractivity (Wildman–Crippen MR) is 95.1 cm³/mol. The number of allylic oxidation sites excluding steroid dienone is 2. The second-order valence-electron chi connectivity index (χ2n) is 6.42. The molecule has 2 aromatic carbocycles. The van der Waals surface area contributed by atoms with E-state index in [9.17, 15) is 9.59 Å². The van der Waals surface area contributed by atoms with E-state index >= 15 is 0 Å². The van der Waals surface area contributed by atoms with Crippen molar-refractivity contribution in [3.8, 4) is 5.75 Å². The van der Waals surface area contributed by atoms with Gasteiger partial charge in [0.25, 0.3) is 0 Å². The third-order valence-electron chi connectivity index (χ3n) is 4.32. The zero-order valence-electron chi connectivity index (χ0n) is 14.1. The fourth-order valence-corrected chi connectivity index (χ4v) is 2.87. The van der Waals surface area contributed by atoms with Crippen molar-refractivity contribution < 1.29 is 19.4 Å². The maximum absolute atomic E-state index is 12.6. The highest BCUT2D eigenvalue weighted by Gasteiger charge is 2.34. The summed E-state index contributed by atoms with van der Waals surface area (Å²) in [5, 5.41) is 11.9. The second-order valence-corrected chi connectivity index (χ2v) is 6.42. The summed E-state index contributed by atoms with van der Waals surface area (Å²) in [6.07, 6.45) is 1.62. The van der Waals surface area contributed by atoms with Gasteiger partial charge in [-0.3, -0.25) is 4.79 Å². The van der Waals surface area contributed by atoms with E-state index in [4.69, 9.17) is 9.84 Å². The molecule has 0 unspecified atom stereocenters. The van der Waals surface area contributed by atoms with Crippen molar-refractivity contribution in [3.05, 3.63) is 71.4 Å². The van der Waals surface area contributed by atoms with Gasteiger partial charge in [-0.25, -0.2) is 4.79 Å². The van der Waals surface area contributed by atoms with Crippen LogP contribution in [0.25, 0.3) is 0 Å². The number of ether oxygens (including phenoxy) is 1. The van der Waals surface area contributed by atoms with E-state index in [1.165, 1.54) is 0 Å². The van der Waals surface area contributed by atoms with Gasteiger partial charge in [0, 0.05) is 28.4 Å². The number of rotatable bonds is 5.